The van der Waals surface area contributed by atoms with Crippen LogP contribution in [-0.2, 0) is 13.8 Å². The summed E-state index contributed by atoms with van der Waals surface area (Å²) >= 11 is 2.21. The largest absolute Gasteiger partial charge is 0.465 e. The highest BCUT2D eigenvalue weighted by atomic mass is 35.7. The zero-order chi connectivity index (χ0) is 11.6. The number of thioether (sulfide) groups is 1. The summed E-state index contributed by atoms with van der Waals surface area (Å²) in [6, 6.07) is 0. The van der Waals surface area contributed by atoms with Gasteiger partial charge in [-0.2, -0.15) is 0 Å². The Bertz CT molecular complexity index is 476. The fraction of sp³-hybridized carbons (Fsp3) is 0.286. The van der Waals surface area contributed by atoms with Gasteiger partial charge in [-0.3, -0.25) is 0 Å². The second-order valence-electron chi connectivity index (χ2n) is 2.39. The molecule has 1 aromatic heterocycles. The average molecular weight is 287 g/mol. The van der Waals surface area contributed by atoms with E-state index in [9.17, 15) is 13.2 Å². The van der Waals surface area contributed by atoms with Gasteiger partial charge in [0, 0.05) is 21.0 Å². The maximum atomic E-state index is 11.3. The molecule has 0 bridgehead atoms. The van der Waals surface area contributed by atoms with Crippen molar-refractivity contribution in [2.24, 2.45) is 0 Å². The van der Waals surface area contributed by atoms with Crippen LogP contribution in [0.5, 0.6) is 0 Å². The number of ether oxygens (including phenoxy) is 1. The molecule has 0 radical (unpaired) electrons. The summed E-state index contributed by atoms with van der Waals surface area (Å²) in [7, 11) is 2.51. The van der Waals surface area contributed by atoms with Gasteiger partial charge in [-0.25, -0.2) is 13.2 Å². The molecule has 1 aromatic rings. The molecule has 0 amide bonds. The number of methoxy groups -OCH3 is 1. The van der Waals surface area contributed by atoms with E-state index in [2.05, 4.69) is 4.74 Å². The number of rotatable bonds is 3. The van der Waals surface area contributed by atoms with E-state index in [1.54, 1.807) is 11.6 Å². The van der Waals surface area contributed by atoms with Crippen molar-refractivity contribution in [3.63, 3.8) is 0 Å². The molecule has 0 N–H and O–H groups in total. The minimum absolute atomic E-state index is 0.0110. The summed E-state index contributed by atoms with van der Waals surface area (Å²) in [5, 5.41) is 1.56. The monoisotopic (exact) mass is 286 g/mol. The molecule has 8 heteroatoms. The normalized spacial score (nSPS) is 11.4. The first-order valence-corrected chi connectivity index (χ1v) is 8.01. The van der Waals surface area contributed by atoms with Gasteiger partial charge in [-0.15, -0.1) is 23.1 Å². The lowest BCUT2D eigenvalue weighted by Crippen LogP contribution is -2.04. The van der Waals surface area contributed by atoms with Gasteiger partial charge in [0.15, 0.2) is 0 Å². The van der Waals surface area contributed by atoms with Crippen molar-refractivity contribution in [1.29, 1.82) is 0 Å². The SMILES string of the molecule is COC(=O)c1scc(SC)c1S(=O)(=O)Cl. The predicted molar refractivity (Wildman–Crippen MR) is 60.5 cm³/mol. The number of hydrogen-bond donors (Lipinski definition) is 0. The minimum atomic E-state index is -3.93. The van der Waals surface area contributed by atoms with Crippen LogP contribution in [0.4, 0.5) is 0 Å². The van der Waals surface area contributed by atoms with E-state index in [0.29, 0.717) is 4.90 Å². The van der Waals surface area contributed by atoms with Crippen molar-refractivity contribution in [3.8, 4) is 0 Å². The van der Waals surface area contributed by atoms with E-state index >= 15 is 0 Å². The maximum Gasteiger partial charge on any atom is 0.349 e. The molecule has 15 heavy (non-hydrogen) atoms. The Kier molecular flexibility index (Phi) is 4.05. The number of hydrogen-bond acceptors (Lipinski definition) is 6. The molecular weight excluding hydrogens is 280 g/mol. The van der Waals surface area contributed by atoms with Crippen molar-refractivity contribution in [1.82, 2.24) is 0 Å². The summed E-state index contributed by atoms with van der Waals surface area (Å²) < 4.78 is 27.0. The van der Waals surface area contributed by atoms with Crippen molar-refractivity contribution >= 4 is 48.8 Å². The van der Waals surface area contributed by atoms with Gasteiger partial charge in [-0.1, -0.05) is 0 Å². The molecule has 4 nitrogen and oxygen atoms in total. The molecule has 0 aliphatic heterocycles. The lowest BCUT2D eigenvalue weighted by atomic mass is 10.5. The minimum Gasteiger partial charge on any atom is -0.465 e. The standard InChI is InChI=1S/C7H7ClO4S3/c1-12-7(9)5-6(15(8,10)11)4(13-2)3-14-5/h3H,1-2H3. The highest BCUT2D eigenvalue weighted by Gasteiger charge is 2.27. The first kappa shape index (κ1) is 12.8. The molecule has 1 heterocycles. The molecule has 0 aliphatic rings. The predicted octanol–water partition coefficient (Wildman–Crippen LogP) is 2.18. The Labute approximate surface area is 100.0 Å². The zero-order valence-corrected chi connectivity index (χ0v) is 11.0. The van der Waals surface area contributed by atoms with Crippen molar-refractivity contribution in [2.45, 2.75) is 9.79 Å². The summed E-state index contributed by atoms with van der Waals surface area (Å²) in [5.41, 5.74) is 0. The van der Waals surface area contributed by atoms with Crippen LogP contribution in [0.3, 0.4) is 0 Å². The van der Waals surface area contributed by atoms with E-state index in [0.717, 1.165) is 11.3 Å². The Morgan fingerprint density at radius 1 is 1.60 bits per heavy atom. The smallest absolute Gasteiger partial charge is 0.349 e. The Morgan fingerprint density at radius 2 is 2.20 bits per heavy atom. The van der Waals surface area contributed by atoms with Crippen molar-refractivity contribution < 1.29 is 17.9 Å². The van der Waals surface area contributed by atoms with Gasteiger partial charge in [0.05, 0.1) is 7.11 Å². The van der Waals surface area contributed by atoms with Gasteiger partial charge in [0.25, 0.3) is 9.05 Å². The maximum absolute atomic E-state index is 11.3. The second-order valence-corrected chi connectivity index (χ2v) is 6.62. The van der Waals surface area contributed by atoms with Crippen LogP contribution in [0.25, 0.3) is 0 Å². The molecule has 1 rings (SSSR count). The van der Waals surface area contributed by atoms with Crippen molar-refractivity contribution in [2.75, 3.05) is 13.4 Å². The lowest BCUT2D eigenvalue weighted by molar-refractivity contribution is 0.0602. The number of carbonyl (C=O) groups excluding carboxylic acids is 1. The molecule has 0 unspecified atom stereocenters. The molecule has 0 saturated carbocycles. The van der Waals surface area contributed by atoms with Crippen LogP contribution in [-0.4, -0.2) is 27.8 Å². The highest BCUT2D eigenvalue weighted by Crippen LogP contribution is 2.35. The third-order valence-electron chi connectivity index (χ3n) is 1.55. The first-order chi connectivity index (χ1) is 6.91. The summed E-state index contributed by atoms with van der Waals surface area (Å²) in [5.74, 6) is -0.695. The number of carbonyl (C=O) groups is 1. The van der Waals surface area contributed by atoms with Crippen molar-refractivity contribution in [3.05, 3.63) is 10.3 Å². The van der Waals surface area contributed by atoms with Gasteiger partial charge in [0.1, 0.15) is 9.77 Å². The van der Waals surface area contributed by atoms with Gasteiger partial charge < -0.3 is 4.74 Å². The van der Waals surface area contributed by atoms with E-state index in [1.165, 1.54) is 18.9 Å². The van der Waals surface area contributed by atoms with Crippen LogP contribution >= 0.6 is 33.8 Å². The third kappa shape index (κ3) is 2.66. The van der Waals surface area contributed by atoms with Gasteiger partial charge >= 0.3 is 5.97 Å². The van der Waals surface area contributed by atoms with E-state index in [4.69, 9.17) is 10.7 Å². The topological polar surface area (TPSA) is 60.4 Å². The van der Waals surface area contributed by atoms with Crippen LogP contribution in [0, 0.1) is 0 Å². The van der Waals surface area contributed by atoms with Gasteiger partial charge in [0.2, 0.25) is 0 Å². The molecule has 84 valence electrons. The fourth-order valence-electron chi connectivity index (χ4n) is 0.937. The third-order valence-corrected chi connectivity index (χ3v) is 5.05. The van der Waals surface area contributed by atoms with Crippen LogP contribution < -0.4 is 0 Å². The van der Waals surface area contributed by atoms with E-state index in [-0.39, 0.29) is 9.77 Å². The average Bonchev–Trinajstić information content (AvgIpc) is 2.59. The molecule has 0 spiro atoms. The van der Waals surface area contributed by atoms with E-state index < -0.39 is 15.0 Å². The molecule has 0 fully saturated rings. The quantitative estimate of drug-likeness (QED) is 0.484. The summed E-state index contributed by atoms with van der Waals surface area (Å²) in [4.78, 5) is 11.6. The molecule has 0 aromatic carbocycles. The van der Waals surface area contributed by atoms with Crippen LogP contribution in [0.1, 0.15) is 9.67 Å². The Balaban J connectivity index is 3.43. The Morgan fingerprint density at radius 3 is 2.60 bits per heavy atom. The first-order valence-electron chi connectivity index (χ1n) is 3.60. The Hall–Kier alpha value is -0.240. The number of esters is 1. The summed E-state index contributed by atoms with van der Waals surface area (Å²) in [6.07, 6.45) is 1.70. The lowest BCUT2D eigenvalue weighted by Gasteiger charge is -2.00. The molecular formula is C7H7ClO4S3. The number of halogens is 1. The zero-order valence-electron chi connectivity index (χ0n) is 7.81. The molecule has 0 atom stereocenters. The second kappa shape index (κ2) is 4.73. The van der Waals surface area contributed by atoms with E-state index in [1.807, 2.05) is 0 Å². The fourth-order valence-corrected chi connectivity index (χ4v) is 5.04. The highest BCUT2D eigenvalue weighted by molar-refractivity contribution is 8.14. The molecule has 0 saturated heterocycles. The van der Waals surface area contributed by atoms with Crippen LogP contribution in [0.2, 0.25) is 0 Å². The van der Waals surface area contributed by atoms with Crippen LogP contribution in [0.15, 0.2) is 15.2 Å². The number of thiophene rings is 1. The molecule has 0 aliphatic carbocycles. The summed E-state index contributed by atoms with van der Waals surface area (Å²) in [6.45, 7) is 0. The van der Waals surface area contributed by atoms with Gasteiger partial charge in [-0.05, 0) is 6.26 Å².